The first-order valence-electron chi connectivity index (χ1n) is 6.17. The monoisotopic (exact) mass is 314 g/mol. The average molecular weight is 314 g/mol. The molecular formula is C13H10F4N4O. The van der Waals surface area contributed by atoms with Crippen LogP contribution in [0.5, 0.6) is 11.9 Å². The fraction of sp³-hybridized carbons (Fsp3) is 0.231. The molecule has 0 fully saturated rings. The molecule has 22 heavy (non-hydrogen) atoms. The van der Waals surface area contributed by atoms with E-state index in [1.54, 1.807) is 13.1 Å². The van der Waals surface area contributed by atoms with Gasteiger partial charge in [0.25, 0.3) is 0 Å². The lowest BCUT2D eigenvalue weighted by Crippen LogP contribution is -2.11. The van der Waals surface area contributed by atoms with E-state index in [4.69, 9.17) is 4.74 Å². The number of fused-ring (bicyclic) bond motifs is 1. The topological polar surface area (TPSA) is 44.9 Å². The second kappa shape index (κ2) is 4.72. The lowest BCUT2D eigenvalue weighted by atomic mass is 10.3. The van der Waals surface area contributed by atoms with Gasteiger partial charge < -0.3 is 4.74 Å². The summed E-state index contributed by atoms with van der Waals surface area (Å²) in [7, 11) is 2.72. The molecule has 0 amide bonds. The molecule has 0 bridgehead atoms. The maximum Gasteiger partial charge on any atom is 0.433 e. The maximum absolute atomic E-state index is 13.6. The van der Waals surface area contributed by atoms with Crippen LogP contribution in [0.2, 0.25) is 0 Å². The summed E-state index contributed by atoms with van der Waals surface area (Å²) >= 11 is 0. The lowest BCUT2D eigenvalue weighted by molar-refractivity contribution is -0.143. The minimum atomic E-state index is -4.54. The van der Waals surface area contributed by atoms with Crippen molar-refractivity contribution in [1.82, 2.24) is 19.3 Å². The molecule has 2 aromatic heterocycles. The number of hydrogen-bond donors (Lipinski definition) is 0. The minimum Gasteiger partial charge on any atom is -0.405 e. The summed E-state index contributed by atoms with van der Waals surface area (Å²) in [5.41, 5.74) is -0.415. The van der Waals surface area contributed by atoms with Crippen LogP contribution in [0.15, 0.2) is 24.3 Å². The molecule has 0 saturated carbocycles. The lowest BCUT2D eigenvalue weighted by Gasteiger charge is -2.04. The summed E-state index contributed by atoms with van der Waals surface area (Å²) in [6.45, 7) is 0. The van der Waals surface area contributed by atoms with Crippen molar-refractivity contribution in [2.24, 2.45) is 14.1 Å². The number of hydrogen-bond acceptors (Lipinski definition) is 3. The van der Waals surface area contributed by atoms with E-state index in [0.717, 1.165) is 13.1 Å². The molecule has 3 aromatic rings. The molecule has 0 unspecified atom stereocenters. The predicted octanol–water partition coefficient (Wildman–Crippen LogP) is 3.26. The Bertz CT molecular complexity index is 850. The van der Waals surface area contributed by atoms with Crippen LogP contribution in [0.4, 0.5) is 17.6 Å². The third-order valence-corrected chi connectivity index (χ3v) is 3.16. The summed E-state index contributed by atoms with van der Waals surface area (Å²) < 4.78 is 59.1. The average Bonchev–Trinajstić information content (AvgIpc) is 2.93. The van der Waals surface area contributed by atoms with E-state index in [1.807, 2.05) is 0 Å². The van der Waals surface area contributed by atoms with Crippen molar-refractivity contribution in [2.75, 3.05) is 0 Å². The number of halogens is 4. The molecule has 0 aliphatic heterocycles. The standard InChI is InChI=1S/C13H10F4N4O/c1-20-8-5-3-4-7(14)11(8)18-12(20)22-10-6-9(13(15,16)17)21(2)19-10/h3-6H,1-2H3. The number of aromatic nitrogens is 4. The molecule has 0 aliphatic carbocycles. The van der Waals surface area contributed by atoms with Crippen molar-refractivity contribution in [3.63, 3.8) is 0 Å². The molecule has 0 radical (unpaired) electrons. The third kappa shape index (κ3) is 2.28. The van der Waals surface area contributed by atoms with Gasteiger partial charge in [0, 0.05) is 20.2 Å². The fourth-order valence-corrected chi connectivity index (χ4v) is 2.10. The summed E-state index contributed by atoms with van der Waals surface area (Å²) in [5, 5.41) is 3.63. The molecule has 2 heterocycles. The van der Waals surface area contributed by atoms with Gasteiger partial charge in [-0.3, -0.25) is 9.25 Å². The van der Waals surface area contributed by atoms with E-state index in [2.05, 4.69) is 10.1 Å². The first kappa shape index (κ1) is 14.4. The zero-order chi connectivity index (χ0) is 16.1. The van der Waals surface area contributed by atoms with Crippen LogP contribution < -0.4 is 4.74 Å². The van der Waals surface area contributed by atoms with Gasteiger partial charge in [0.2, 0.25) is 5.88 Å². The van der Waals surface area contributed by atoms with Crippen LogP contribution >= 0.6 is 0 Å². The number of para-hydroxylation sites is 1. The van der Waals surface area contributed by atoms with Gasteiger partial charge in [-0.2, -0.15) is 18.2 Å². The highest BCUT2D eigenvalue weighted by molar-refractivity contribution is 5.77. The van der Waals surface area contributed by atoms with Crippen molar-refractivity contribution in [2.45, 2.75) is 6.18 Å². The number of aryl methyl sites for hydroxylation is 2. The summed E-state index contributed by atoms with van der Waals surface area (Å²) in [4.78, 5) is 3.94. The van der Waals surface area contributed by atoms with Gasteiger partial charge in [0.05, 0.1) is 5.52 Å². The number of benzene rings is 1. The van der Waals surface area contributed by atoms with Crippen molar-refractivity contribution in [3.05, 3.63) is 35.8 Å². The van der Waals surface area contributed by atoms with Gasteiger partial charge in [-0.1, -0.05) is 6.07 Å². The van der Waals surface area contributed by atoms with E-state index in [9.17, 15) is 17.6 Å². The molecular weight excluding hydrogens is 304 g/mol. The molecule has 116 valence electrons. The van der Waals surface area contributed by atoms with Crippen LogP contribution in [-0.4, -0.2) is 19.3 Å². The van der Waals surface area contributed by atoms with Gasteiger partial charge in [0.15, 0.2) is 5.82 Å². The van der Waals surface area contributed by atoms with Crippen LogP contribution in [-0.2, 0) is 20.3 Å². The summed E-state index contributed by atoms with van der Waals surface area (Å²) in [6.07, 6.45) is -4.54. The molecule has 0 spiro atoms. The number of imidazole rings is 1. The third-order valence-electron chi connectivity index (χ3n) is 3.16. The van der Waals surface area contributed by atoms with E-state index >= 15 is 0 Å². The first-order valence-corrected chi connectivity index (χ1v) is 6.17. The highest BCUT2D eigenvalue weighted by Gasteiger charge is 2.35. The largest absolute Gasteiger partial charge is 0.433 e. The molecule has 0 atom stereocenters. The Hall–Kier alpha value is -2.58. The smallest absolute Gasteiger partial charge is 0.405 e. The van der Waals surface area contributed by atoms with Gasteiger partial charge >= 0.3 is 12.2 Å². The normalized spacial score (nSPS) is 12.1. The quantitative estimate of drug-likeness (QED) is 0.682. The van der Waals surface area contributed by atoms with Crippen molar-refractivity contribution >= 4 is 11.0 Å². The number of rotatable bonds is 2. The zero-order valence-electron chi connectivity index (χ0n) is 11.5. The Morgan fingerprint density at radius 2 is 1.91 bits per heavy atom. The second-order valence-electron chi connectivity index (χ2n) is 4.65. The summed E-state index contributed by atoms with van der Waals surface area (Å²) in [5.74, 6) is -0.811. The Morgan fingerprint density at radius 1 is 1.18 bits per heavy atom. The van der Waals surface area contributed by atoms with Crippen LogP contribution in [0.1, 0.15) is 5.69 Å². The van der Waals surface area contributed by atoms with Gasteiger partial charge in [0.1, 0.15) is 11.2 Å². The number of ether oxygens (including phenoxy) is 1. The highest BCUT2D eigenvalue weighted by atomic mass is 19.4. The van der Waals surface area contributed by atoms with Crippen molar-refractivity contribution < 1.29 is 22.3 Å². The van der Waals surface area contributed by atoms with Gasteiger partial charge in [-0.05, 0) is 12.1 Å². The van der Waals surface area contributed by atoms with Crippen LogP contribution in [0, 0.1) is 5.82 Å². The van der Waals surface area contributed by atoms with E-state index in [0.29, 0.717) is 10.2 Å². The molecule has 3 rings (SSSR count). The Labute approximate surface area is 121 Å². The van der Waals surface area contributed by atoms with Gasteiger partial charge in [-0.25, -0.2) is 4.39 Å². The number of alkyl halides is 3. The van der Waals surface area contributed by atoms with Gasteiger partial charge in [-0.15, -0.1) is 5.10 Å². The summed E-state index contributed by atoms with van der Waals surface area (Å²) in [6, 6.07) is 5.08. The van der Waals surface area contributed by atoms with Crippen molar-refractivity contribution in [1.29, 1.82) is 0 Å². The van der Waals surface area contributed by atoms with Crippen LogP contribution in [0.3, 0.4) is 0 Å². The number of nitrogens with zero attached hydrogens (tertiary/aromatic N) is 4. The fourth-order valence-electron chi connectivity index (χ4n) is 2.10. The first-order chi connectivity index (χ1) is 10.3. The molecule has 1 aromatic carbocycles. The van der Waals surface area contributed by atoms with Crippen molar-refractivity contribution in [3.8, 4) is 11.9 Å². The maximum atomic E-state index is 13.6. The van der Waals surface area contributed by atoms with E-state index < -0.39 is 17.7 Å². The Balaban J connectivity index is 2.01. The minimum absolute atomic E-state index is 0.0491. The molecule has 0 saturated heterocycles. The second-order valence-corrected chi connectivity index (χ2v) is 4.65. The zero-order valence-corrected chi connectivity index (χ0v) is 11.5. The SMILES string of the molecule is Cn1nc(Oc2nc3c(F)cccc3n2C)cc1C(F)(F)F. The van der Waals surface area contributed by atoms with E-state index in [-0.39, 0.29) is 17.4 Å². The molecule has 0 N–H and O–H groups in total. The van der Waals surface area contributed by atoms with Crippen LogP contribution in [0.25, 0.3) is 11.0 Å². The Morgan fingerprint density at radius 3 is 2.50 bits per heavy atom. The molecule has 0 aliphatic rings. The predicted molar refractivity (Wildman–Crippen MR) is 69.0 cm³/mol. The molecule has 9 heteroatoms. The molecule has 5 nitrogen and oxygen atoms in total. The Kier molecular flexibility index (Phi) is 3.08. The highest BCUT2D eigenvalue weighted by Crippen LogP contribution is 2.32. The van der Waals surface area contributed by atoms with E-state index in [1.165, 1.54) is 16.7 Å².